The zero-order valence-corrected chi connectivity index (χ0v) is 10.6. The number of carbonyl (C=O) groups excluding carboxylic acids is 1. The van der Waals surface area contributed by atoms with E-state index in [-0.39, 0.29) is 5.82 Å². The Morgan fingerprint density at radius 2 is 2.00 bits per heavy atom. The Kier molecular flexibility index (Phi) is 3.80. The largest absolute Gasteiger partial charge is 0.379 e. The summed E-state index contributed by atoms with van der Waals surface area (Å²) in [6.07, 6.45) is 0. The van der Waals surface area contributed by atoms with Crippen LogP contribution in [0.2, 0.25) is 0 Å². The molecule has 19 heavy (non-hydrogen) atoms. The molecule has 0 unspecified atom stereocenters. The minimum absolute atomic E-state index is 0.309. The molecule has 0 bridgehead atoms. The number of primary amides is 1. The standard InChI is InChI=1S/C15H15FN2O/c1-10-6-7-14(13(16)8-10)18-9-11-4-2-3-5-12(11)15(17)19/h2-8,18H,9H2,1H3,(H2,17,19). The van der Waals surface area contributed by atoms with Crippen molar-refractivity contribution in [2.45, 2.75) is 13.5 Å². The molecule has 2 aromatic carbocycles. The van der Waals surface area contributed by atoms with E-state index in [0.717, 1.165) is 11.1 Å². The van der Waals surface area contributed by atoms with E-state index in [2.05, 4.69) is 5.32 Å². The number of amides is 1. The Hall–Kier alpha value is -2.36. The van der Waals surface area contributed by atoms with Crippen LogP contribution in [-0.4, -0.2) is 5.91 Å². The van der Waals surface area contributed by atoms with Crippen molar-refractivity contribution in [3.05, 3.63) is 65.0 Å². The Balaban J connectivity index is 2.17. The Morgan fingerprint density at radius 3 is 2.68 bits per heavy atom. The van der Waals surface area contributed by atoms with Gasteiger partial charge in [-0.25, -0.2) is 4.39 Å². The average molecular weight is 258 g/mol. The fraction of sp³-hybridized carbons (Fsp3) is 0.133. The molecule has 3 N–H and O–H groups in total. The maximum atomic E-state index is 13.7. The van der Waals surface area contributed by atoms with E-state index < -0.39 is 5.91 Å². The molecule has 0 aliphatic heterocycles. The highest BCUT2D eigenvalue weighted by Gasteiger charge is 2.08. The molecule has 3 nitrogen and oxygen atoms in total. The highest BCUT2D eigenvalue weighted by molar-refractivity contribution is 5.94. The number of halogens is 1. The zero-order chi connectivity index (χ0) is 13.8. The number of nitrogens with one attached hydrogen (secondary N) is 1. The molecule has 0 aliphatic rings. The lowest BCUT2D eigenvalue weighted by Gasteiger charge is -2.10. The smallest absolute Gasteiger partial charge is 0.249 e. The minimum atomic E-state index is -0.484. The first-order valence-corrected chi connectivity index (χ1v) is 5.95. The van der Waals surface area contributed by atoms with Crippen molar-refractivity contribution in [2.24, 2.45) is 5.73 Å². The second kappa shape index (κ2) is 5.52. The monoisotopic (exact) mass is 258 g/mol. The average Bonchev–Trinajstić information content (AvgIpc) is 2.38. The second-order valence-electron chi connectivity index (χ2n) is 4.36. The van der Waals surface area contributed by atoms with Gasteiger partial charge in [-0.05, 0) is 36.2 Å². The number of aryl methyl sites for hydroxylation is 1. The predicted octanol–water partition coefficient (Wildman–Crippen LogP) is 2.85. The third-order valence-electron chi connectivity index (χ3n) is 2.88. The van der Waals surface area contributed by atoms with Crippen molar-refractivity contribution in [1.82, 2.24) is 0 Å². The zero-order valence-electron chi connectivity index (χ0n) is 10.6. The summed E-state index contributed by atoms with van der Waals surface area (Å²) in [4.78, 5) is 11.3. The van der Waals surface area contributed by atoms with Crippen LogP contribution in [0.1, 0.15) is 21.5 Å². The summed E-state index contributed by atoms with van der Waals surface area (Å²) in [5.74, 6) is -0.793. The van der Waals surface area contributed by atoms with Gasteiger partial charge in [-0.15, -0.1) is 0 Å². The van der Waals surface area contributed by atoms with Gasteiger partial charge in [0.2, 0.25) is 5.91 Å². The van der Waals surface area contributed by atoms with Crippen molar-refractivity contribution in [1.29, 1.82) is 0 Å². The molecule has 0 atom stereocenters. The van der Waals surface area contributed by atoms with E-state index in [1.54, 1.807) is 24.3 Å². The molecule has 0 heterocycles. The molecular weight excluding hydrogens is 243 g/mol. The molecular formula is C15H15FN2O. The van der Waals surface area contributed by atoms with Crippen LogP contribution in [0, 0.1) is 12.7 Å². The Labute approximate surface area is 111 Å². The summed E-state index contributed by atoms with van der Waals surface area (Å²) >= 11 is 0. The van der Waals surface area contributed by atoms with Gasteiger partial charge >= 0.3 is 0 Å². The lowest BCUT2D eigenvalue weighted by atomic mass is 10.1. The number of nitrogens with two attached hydrogens (primary N) is 1. The van der Waals surface area contributed by atoms with Gasteiger partial charge in [0.05, 0.1) is 5.69 Å². The fourth-order valence-corrected chi connectivity index (χ4v) is 1.87. The van der Waals surface area contributed by atoms with Gasteiger partial charge in [-0.3, -0.25) is 4.79 Å². The lowest BCUT2D eigenvalue weighted by Crippen LogP contribution is -2.15. The second-order valence-corrected chi connectivity index (χ2v) is 4.36. The molecule has 0 fully saturated rings. The van der Waals surface area contributed by atoms with Crippen molar-refractivity contribution in [3.63, 3.8) is 0 Å². The highest BCUT2D eigenvalue weighted by Crippen LogP contribution is 2.17. The van der Waals surface area contributed by atoms with E-state index in [0.29, 0.717) is 17.8 Å². The van der Waals surface area contributed by atoms with Crippen LogP contribution >= 0.6 is 0 Å². The van der Waals surface area contributed by atoms with Crippen molar-refractivity contribution in [3.8, 4) is 0 Å². The number of anilines is 1. The number of benzene rings is 2. The molecule has 98 valence electrons. The van der Waals surface area contributed by atoms with Gasteiger partial charge in [0.1, 0.15) is 5.82 Å². The van der Waals surface area contributed by atoms with E-state index >= 15 is 0 Å². The molecule has 4 heteroatoms. The summed E-state index contributed by atoms with van der Waals surface area (Å²) in [5.41, 5.74) is 7.75. The van der Waals surface area contributed by atoms with Crippen molar-refractivity contribution >= 4 is 11.6 Å². The molecule has 0 radical (unpaired) electrons. The van der Waals surface area contributed by atoms with E-state index in [4.69, 9.17) is 5.73 Å². The van der Waals surface area contributed by atoms with Gasteiger partial charge < -0.3 is 11.1 Å². The van der Waals surface area contributed by atoms with Gasteiger partial charge in [-0.1, -0.05) is 24.3 Å². The molecule has 0 aromatic heterocycles. The topological polar surface area (TPSA) is 55.1 Å². The third-order valence-corrected chi connectivity index (χ3v) is 2.88. The van der Waals surface area contributed by atoms with E-state index in [9.17, 15) is 9.18 Å². The summed E-state index contributed by atoms with van der Waals surface area (Å²) in [6.45, 7) is 2.17. The van der Waals surface area contributed by atoms with Gasteiger partial charge in [0.25, 0.3) is 0 Å². The van der Waals surface area contributed by atoms with E-state index in [1.165, 1.54) is 6.07 Å². The first-order chi connectivity index (χ1) is 9.08. The number of rotatable bonds is 4. The van der Waals surface area contributed by atoms with Gasteiger partial charge in [0.15, 0.2) is 0 Å². The summed E-state index contributed by atoms with van der Waals surface area (Å²) in [6, 6.07) is 12.0. The van der Waals surface area contributed by atoms with Crippen LogP contribution in [0.15, 0.2) is 42.5 Å². The van der Waals surface area contributed by atoms with Crippen LogP contribution in [0.25, 0.3) is 0 Å². The number of hydrogen-bond donors (Lipinski definition) is 2. The minimum Gasteiger partial charge on any atom is -0.379 e. The van der Waals surface area contributed by atoms with Crippen LogP contribution in [0.5, 0.6) is 0 Å². The highest BCUT2D eigenvalue weighted by atomic mass is 19.1. The third kappa shape index (κ3) is 3.10. The summed E-state index contributed by atoms with van der Waals surface area (Å²) in [5, 5.41) is 2.97. The normalized spacial score (nSPS) is 10.2. The molecule has 2 aromatic rings. The van der Waals surface area contributed by atoms with Crippen molar-refractivity contribution in [2.75, 3.05) is 5.32 Å². The molecule has 0 saturated heterocycles. The van der Waals surface area contributed by atoms with Crippen LogP contribution in [0.4, 0.5) is 10.1 Å². The molecule has 0 aliphatic carbocycles. The number of carbonyl (C=O) groups is 1. The maximum Gasteiger partial charge on any atom is 0.249 e. The van der Waals surface area contributed by atoms with Crippen LogP contribution in [-0.2, 0) is 6.54 Å². The van der Waals surface area contributed by atoms with Gasteiger partial charge in [-0.2, -0.15) is 0 Å². The quantitative estimate of drug-likeness (QED) is 0.886. The molecule has 2 rings (SSSR count). The van der Waals surface area contributed by atoms with E-state index in [1.807, 2.05) is 19.1 Å². The van der Waals surface area contributed by atoms with Gasteiger partial charge in [0, 0.05) is 12.1 Å². The van der Waals surface area contributed by atoms with Crippen molar-refractivity contribution < 1.29 is 9.18 Å². The predicted molar refractivity (Wildman–Crippen MR) is 73.4 cm³/mol. The SMILES string of the molecule is Cc1ccc(NCc2ccccc2C(N)=O)c(F)c1. The van der Waals surface area contributed by atoms with Crippen LogP contribution < -0.4 is 11.1 Å². The Bertz CT molecular complexity index is 611. The maximum absolute atomic E-state index is 13.7. The molecule has 0 saturated carbocycles. The molecule has 0 spiro atoms. The first-order valence-electron chi connectivity index (χ1n) is 5.95. The molecule has 1 amide bonds. The fourth-order valence-electron chi connectivity index (χ4n) is 1.87. The summed E-state index contributed by atoms with van der Waals surface area (Å²) in [7, 11) is 0. The lowest BCUT2D eigenvalue weighted by molar-refractivity contribution is 0.0999. The first kappa shape index (κ1) is 13.1. The Morgan fingerprint density at radius 1 is 1.26 bits per heavy atom. The van der Waals surface area contributed by atoms with Crippen LogP contribution in [0.3, 0.4) is 0 Å². The number of hydrogen-bond acceptors (Lipinski definition) is 2. The summed E-state index contributed by atoms with van der Waals surface area (Å²) < 4.78 is 13.7.